The summed E-state index contributed by atoms with van der Waals surface area (Å²) in [5, 5.41) is 0. The van der Waals surface area contributed by atoms with Gasteiger partial charge in [-0.2, -0.15) is 0 Å². The van der Waals surface area contributed by atoms with E-state index in [0.717, 1.165) is 5.57 Å². The second-order valence-electron chi connectivity index (χ2n) is 3.10. The first kappa shape index (κ1) is 9.57. The van der Waals surface area contributed by atoms with Crippen LogP contribution in [0.2, 0.25) is 0 Å². The zero-order valence-corrected chi connectivity index (χ0v) is 8.17. The Hall–Kier alpha value is -1.52. The van der Waals surface area contributed by atoms with Gasteiger partial charge in [-0.25, -0.2) is 0 Å². The van der Waals surface area contributed by atoms with E-state index in [9.17, 15) is 0 Å². The highest BCUT2D eigenvalue weighted by molar-refractivity contribution is 5.52. The highest BCUT2D eigenvalue weighted by Gasteiger charge is 1.85. The Bertz CT molecular complexity index is 346. The van der Waals surface area contributed by atoms with E-state index >= 15 is 0 Å². The number of benzene rings is 1. The molecular weight excluding hydrogens is 156 g/mol. The van der Waals surface area contributed by atoms with Crippen molar-refractivity contribution in [3.8, 4) is 0 Å². The van der Waals surface area contributed by atoms with Gasteiger partial charge in [-0.05, 0) is 25.0 Å². The average Bonchev–Trinajstić information content (AvgIpc) is 2.16. The average molecular weight is 170 g/mol. The van der Waals surface area contributed by atoms with Gasteiger partial charge in [0.25, 0.3) is 0 Å². The van der Waals surface area contributed by atoms with Crippen molar-refractivity contribution in [1.29, 1.82) is 0 Å². The third-order valence-corrected chi connectivity index (χ3v) is 1.88. The minimum atomic E-state index is 1.06. The van der Waals surface area contributed by atoms with Crippen LogP contribution in [-0.2, 0) is 0 Å². The van der Waals surface area contributed by atoms with Crippen molar-refractivity contribution in [2.24, 2.45) is 0 Å². The molecule has 0 aromatic heterocycles. The largest absolute Gasteiger partial charge is 0.125 e. The molecule has 0 saturated carbocycles. The van der Waals surface area contributed by atoms with Crippen molar-refractivity contribution >= 4 is 6.08 Å². The van der Waals surface area contributed by atoms with Crippen molar-refractivity contribution in [3.63, 3.8) is 0 Å². The van der Waals surface area contributed by atoms with Crippen LogP contribution in [0.15, 0.2) is 48.2 Å². The quantitative estimate of drug-likeness (QED) is 0.468. The third kappa shape index (κ3) is 3.14. The van der Waals surface area contributed by atoms with Gasteiger partial charge in [0, 0.05) is 0 Å². The van der Waals surface area contributed by atoms with E-state index < -0.39 is 0 Å². The first-order valence-electron chi connectivity index (χ1n) is 4.34. The van der Waals surface area contributed by atoms with Gasteiger partial charge in [-0.3, -0.25) is 0 Å². The smallest absolute Gasteiger partial charge is 0.00974 e. The molecule has 1 aromatic rings. The molecule has 0 aliphatic rings. The Morgan fingerprint density at radius 3 is 2.46 bits per heavy atom. The maximum absolute atomic E-state index is 3.57. The second kappa shape index (κ2) is 4.49. The Morgan fingerprint density at radius 2 is 1.92 bits per heavy atom. The molecule has 1 aromatic carbocycles. The van der Waals surface area contributed by atoms with Crippen LogP contribution in [0.4, 0.5) is 0 Å². The summed E-state index contributed by atoms with van der Waals surface area (Å²) in [7, 11) is 0. The molecule has 0 amide bonds. The first-order chi connectivity index (χ1) is 6.22. The van der Waals surface area contributed by atoms with Gasteiger partial charge in [-0.15, -0.1) is 5.73 Å². The number of aryl methyl sites for hydroxylation is 1. The van der Waals surface area contributed by atoms with Crippen molar-refractivity contribution in [1.82, 2.24) is 0 Å². The predicted octanol–water partition coefficient (Wildman–Crippen LogP) is 3.74. The molecule has 0 aliphatic heterocycles. The van der Waals surface area contributed by atoms with Crippen LogP contribution in [-0.4, -0.2) is 0 Å². The van der Waals surface area contributed by atoms with Crippen LogP contribution in [0.5, 0.6) is 0 Å². The molecule has 0 nitrogen and oxygen atoms in total. The molecule has 0 unspecified atom stereocenters. The van der Waals surface area contributed by atoms with Gasteiger partial charge in [0.15, 0.2) is 0 Å². The third-order valence-electron chi connectivity index (χ3n) is 1.88. The van der Waals surface area contributed by atoms with Crippen molar-refractivity contribution in [3.05, 3.63) is 59.4 Å². The number of allylic oxidation sites excluding steroid dienone is 2. The summed E-state index contributed by atoms with van der Waals surface area (Å²) in [5.74, 6) is 0. The SMILES string of the molecule is C=C=C(C)C=Cc1ccc(C)cc1. The zero-order valence-electron chi connectivity index (χ0n) is 8.17. The summed E-state index contributed by atoms with van der Waals surface area (Å²) in [6, 6.07) is 8.41. The summed E-state index contributed by atoms with van der Waals surface area (Å²) >= 11 is 0. The summed E-state index contributed by atoms with van der Waals surface area (Å²) in [4.78, 5) is 0. The molecule has 0 saturated heterocycles. The molecule has 1 rings (SSSR count). The fraction of sp³-hybridized carbons (Fsp3) is 0.154. The second-order valence-corrected chi connectivity index (χ2v) is 3.10. The molecule has 0 bridgehead atoms. The molecule has 0 heterocycles. The Labute approximate surface area is 79.9 Å². The van der Waals surface area contributed by atoms with Gasteiger partial charge >= 0.3 is 0 Å². The minimum Gasteiger partial charge on any atom is -0.125 e. The van der Waals surface area contributed by atoms with E-state index in [1.165, 1.54) is 11.1 Å². The van der Waals surface area contributed by atoms with Gasteiger partial charge in [0.2, 0.25) is 0 Å². The van der Waals surface area contributed by atoms with Crippen LogP contribution >= 0.6 is 0 Å². The lowest BCUT2D eigenvalue weighted by atomic mass is 10.1. The highest BCUT2D eigenvalue weighted by atomic mass is 13.9. The molecule has 13 heavy (non-hydrogen) atoms. The summed E-state index contributed by atoms with van der Waals surface area (Å²) in [5.41, 5.74) is 6.38. The molecule has 0 spiro atoms. The van der Waals surface area contributed by atoms with E-state index in [-0.39, 0.29) is 0 Å². The summed E-state index contributed by atoms with van der Waals surface area (Å²) < 4.78 is 0. The summed E-state index contributed by atoms with van der Waals surface area (Å²) in [6.45, 7) is 7.64. The van der Waals surface area contributed by atoms with Gasteiger partial charge in [0.1, 0.15) is 0 Å². The van der Waals surface area contributed by atoms with E-state index in [2.05, 4.69) is 49.6 Å². The number of rotatable bonds is 2. The lowest BCUT2D eigenvalue weighted by Gasteiger charge is -1.93. The maximum atomic E-state index is 3.57. The lowest BCUT2D eigenvalue weighted by molar-refractivity contribution is 1.46. The van der Waals surface area contributed by atoms with Crippen LogP contribution in [0.3, 0.4) is 0 Å². The van der Waals surface area contributed by atoms with Crippen molar-refractivity contribution in [2.45, 2.75) is 13.8 Å². The fourth-order valence-corrected chi connectivity index (χ4v) is 0.958. The number of hydrogen-bond acceptors (Lipinski definition) is 0. The minimum absolute atomic E-state index is 1.06. The monoisotopic (exact) mass is 170 g/mol. The Kier molecular flexibility index (Phi) is 3.31. The van der Waals surface area contributed by atoms with Gasteiger partial charge in [-0.1, -0.05) is 48.6 Å². The van der Waals surface area contributed by atoms with E-state index in [0.29, 0.717) is 0 Å². The molecule has 0 N–H and O–H groups in total. The Morgan fingerprint density at radius 1 is 1.31 bits per heavy atom. The van der Waals surface area contributed by atoms with Crippen LogP contribution < -0.4 is 0 Å². The van der Waals surface area contributed by atoms with Crippen LogP contribution in [0.1, 0.15) is 18.1 Å². The molecule has 0 atom stereocenters. The van der Waals surface area contributed by atoms with Gasteiger partial charge in [0.05, 0.1) is 0 Å². The normalized spacial score (nSPS) is 10.0. The lowest BCUT2D eigenvalue weighted by Crippen LogP contribution is -1.73. The van der Waals surface area contributed by atoms with E-state index in [1.54, 1.807) is 0 Å². The van der Waals surface area contributed by atoms with Crippen LogP contribution in [0.25, 0.3) is 6.08 Å². The van der Waals surface area contributed by atoms with Gasteiger partial charge < -0.3 is 0 Å². The molecule has 66 valence electrons. The highest BCUT2D eigenvalue weighted by Crippen LogP contribution is 2.06. The van der Waals surface area contributed by atoms with Crippen LogP contribution in [0, 0.1) is 6.92 Å². The Balaban J connectivity index is 2.81. The molecule has 0 aliphatic carbocycles. The predicted molar refractivity (Wildman–Crippen MR) is 58.5 cm³/mol. The number of hydrogen-bond donors (Lipinski definition) is 0. The molecule has 0 fully saturated rings. The van der Waals surface area contributed by atoms with Crippen molar-refractivity contribution < 1.29 is 0 Å². The fourth-order valence-electron chi connectivity index (χ4n) is 0.958. The molecule has 0 radical (unpaired) electrons. The van der Waals surface area contributed by atoms with E-state index in [4.69, 9.17) is 0 Å². The summed E-state index contributed by atoms with van der Waals surface area (Å²) in [6.07, 6.45) is 4.07. The molecular formula is C13H14. The topological polar surface area (TPSA) is 0 Å². The zero-order chi connectivity index (χ0) is 9.68. The molecule has 0 heteroatoms. The standard InChI is InChI=1S/C13H14/c1-4-11(2)5-8-13-9-6-12(3)7-10-13/h5-10H,1H2,2-3H3. The first-order valence-corrected chi connectivity index (χ1v) is 4.34. The van der Waals surface area contributed by atoms with E-state index in [1.807, 2.05) is 13.0 Å². The maximum Gasteiger partial charge on any atom is -0.00974 e. The van der Waals surface area contributed by atoms with Crippen molar-refractivity contribution in [2.75, 3.05) is 0 Å².